The minimum atomic E-state index is -0.398. The van der Waals surface area contributed by atoms with Crippen LogP contribution in [0.1, 0.15) is 5.56 Å². The summed E-state index contributed by atoms with van der Waals surface area (Å²) in [5.41, 5.74) is 1.72. The molecule has 0 aromatic heterocycles. The molecule has 3 aromatic carbocycles. The van der Waals surface area contributed by atoms with Crippen LogP contribution in [0, 0.1) is 5.82 Å². The average Bonchev–Trinajstić information content (AvgIpc) is 3.08. The van der Waals surface area contributed by atoms with Crippen molar-refractivity contribution in [3.63, 3.8) is 0 Å². The fourth-order valence-electron chi connectivity index (χ4n) is 3.03. The van der Waals surface area contributed by atoms with Gasteiger partial charge in [0.1, 0.15) is 11.6 Å². The lowest BCUT2D eigenvalue weighted by Gasteiger charge is -2.14. The van der Waals surface area contributed by atoms with E-state index in [4.69, 9.17) is 28.6 Å². The number of rotatable bonds is 6. The fraction of sp³-hybridized carbons (Fsp3) is 0.0417. The van der Waals surface area contributed by atoms with Crippen molar-refractivity contribution in [2.45, 2.75) is 0 Å². The van der Waals surface area contributed by atoms with Crippen LogP contribution in [-0.2, 0) is 9.59 Å². The SMILES string of the molecule is O=C(COc1ccccc1/C=C1\SC(=S)N(c2ccc(Cl)cc2)C1=O)Nc1ccc(F)cc1. The number of amides is 2. The standard InChI is InChI=1S/C24H16ClFN2O3S2/c25-16-5-11-19(12-6-16)28-23(30)21(33-24(28)32)13-15-3-1-2-4-20(15)31-14-22(29)27-18-9-7-17(26)8-10-18/h1-13H,14H2,(H,27,29)/b21-13-. The lowest BCUT2D eigenvalue weighted by molar-refractivity contribution is -0.118. The summed E-state index contributed by atoms with van der Waals surface area (Å²) in [5, 5.41) is 3.20. The number of anilines is 2. The Morgan fingerprint density at radius 2 is 1.79 bits per heavy atom. The van der Waals surface area contributed by atoms with Crippen LogP contribution in [0.2, 0.25) is 5.02 Å². The van der Waals surface area contributed by atoms with Gasteiger partial charge in [0.2, 0.25) is 0 Å². The Balaban J connectivity index is 1.47. The van der Waals surface area contributed by atoms with Gasteiger partial charge in [0.05, 0.1) is 10.6 Å². The molecule has 1 fully saturated rings. The van der Waals surface area contributed by atoms with Crippen molar-refractivity contribution >= 4 is 69.2 Å². The molecule has 0 aliphatic carbocycles. The van der Waals surface area contributed by atoms with E-state index in [1.54, 1.807) is 54.6 Å². The van der Waals surface area contributed by atoms with Crippen molar-refractivity contribution in [1.82, 2.24) is 0 Å². The number of para-hydroxylation sites is 1. The summed E-state index contributed by atoms with van der Waals surface area (Å²) in [6.45, 7) is -0.256. The van der Waals surface area contributed by atoms with Gasteiger partial charge in [0.15, 0.2) is 10.9 Å². The van der Waals surface area contributed by atoms with E-state index in [1.165, 1.54) is 40.9 Å². The zero-order chi connectivity index (χ0) is 23.4. The zero-order valence-corrected chi connectivity index (χ0v) is 19.3. The number of nitrogens with one attached hydrogen (secondary N) is 1. The number of thiocarbonyl (C=S) groups is 1. The molecule has 9 heteroatoms. The summed E-state index contributed by atoms with van der Waals surface area (Å²) in [5.74, 6) is -0.607. The average molecular weight is 499 g/mol. The van der Waals surface area contributed by atoms with E-state index in [0.29, 0.717) is 36.9 Å². The van der Waals surface area contributed by atoms with Gasteiger partial charge < -0.3 is 10.1 Å². The molecule has 0 saturated carbocycles. The van der Waals surface area contributed by atoms with Gasteiger partial charge in [-0.05, 0) is 60.7 Å². The molecule has 5 nitrogen and oxygen atoms in total. The Bertz CT molecular complexity index is 1250. The summed E-state index contributed by atoms with van der Waals surface area (Å²) < 4.78 is 19.1. The minimum Gasteiger partial charge on any atom is -0.483 e. The van der Waals surface area contributed by atoms with Crippen LogP contribution in [0.3, 0.4) is 0 Å². The third-order valence-electron chi connectivity index (χ3n) is 4.57. The Kier molecular flexibility index (Phi) is 7.08. The molecular weight excluding hydrogens is 483 g/mol. The molecule has 1 N–H and O–H groups in total. The van der Waals surface area contributed by atoms with Crippen molar-refractivity contribution in [2.75, 3.05) is 16.8 Å². The normalized spacial score (nSPS) is 14.6. The first-order valence-electron chi connectivity index (χ1n) is 9.71. The molecule has 1 aliphatic rings. The van der Waals surface area contributed by atoms with E-state index in [2.05, 4.69) is 5.32 Å². The molecule has 2 amide bonds. The Morgan fingerprint density at radius 3 is 2.52 bits per heavy atom. The van der Waals surface area contributed by atoms with Crippen molar-refractivity contribution in [2.24, 2.45) is 0 Å². The maximum atomic E-state index is 13.0. The van der Waals surface area contributed by atoms with E-state index in [0.717, 1.165) is 0 Å². The summed E-state index contributed by atoms with van der Waals surface area (Å²) in [7, 11) is 0. The second-order valence-electron chi connectivity index (χ2n) is 6.88. The third-order valence-corrected chi connectivity index (χ3v) is 6.13. The number of hydrogen-bond acceptors (Lipinski definition) is 5. The Hall–Kier alpha value is -3.20. The largest absolute Gasteiger partial charge is 0.483 e. The van der Waals surface area contributed by atoms with Crippen molar-refractivity contribution < 1.29 is 18.7 Å². The van der Waals surface area contributed by atoms with Crippen LogP contribution in [0.15, 0.2) is 77.7 Å². The number of nitrogens with zero attached hydrogens (tertiary/aromatic N) is 1. The Labute approximate surface area is 204 Å². The highest BCUT2D eigenvalue weighted by atomic mass is 35.5. The highest BCUT2D eigenvalue weighted by Gasteiger charge is 2.33. The van der Waals surface area contributed by atoms with Crippen molar-refractivity contribution in [3.05, 3.63) is 94.1 Å². The zero-order valence-electron chi connectivity index (χ0n) is 17.0. The smallest absolute Gasteiger partial charge is 0.270 e. The molecule has 0 atom stereocenters. The first kappa shape index (κ1) is 23.0. The summed E-state index contributed by atoms with van der Waals surface area (Å²) in [4.78, 5) is 27.1. The maximum absolute atomic E-state index is 13.0. The van der Waals surface area contributed by atoms with E-state index in [-0.39, 0.29) is 18.3 Å². The van der Waals surface area contributed by atoms with Crippen LogP contribution in [0.4, 0.5) is 15.8 Å². The van der Waals surface area contributed by atoms with E-state index in [9.17, 15) is 14.0 Å². The van der Waals surface area contributed by atoms with Gasteiger partial charge in [0.25, 0.3) is 11.8 Å². The molecule has 1 saturated heterocycles. The second kappa shape index (κ2) is 10.2. The van der Waals surface area contributed by atoms with Gasteiger partial charge in [-0.2, -0.15) is 0 Å². The number of carbonyl (C=O) groups excluding carboxylic acids is 2. The van der Waals surface area contributed by atoms with Gasteiger partial charge in [-0.15, -0.1) is 0 Å². The molecule has 0 unspecified atom stereocenters. The van der Waals surface area contributed by atoms with Gasteiger partial charge >= 0.3 is 0 Å². The highest BCUT2D eigenvalue weighted by molar-refractivity contribution is 8.27. The van der Waals surface area contributed by atoms with Gasteiger partial charge in [-0.25, -0.2) is 4.39 Å². The second-order valence-corrected chi connectivity index (χ2v) is 8.99. The first-order valence-corrected chi connectivity index (χ1v) is 11.3. The molecule has 3 aromatic rings. The maximum Gasteiger partial charge on any atom is 0.270 e. The quantitative estimate of drug-likeness (QED) is 0.338. The van der Waals surface area contributed by atoms with Gasteiger partial charge in [0, 0.05) is 16.3 Å². The first-order chi connectivity index (χ1) is 15.9. The fourth-order valence-corrected chi connectivity index (χ4v) is 4.44. The molecule has 4 rings (SSSR count). The predicted octanol–water partition coefficient (Wildman–Crippen LogP) is 5.90. The molecule has 1 heterocycles. The number of thioether (sulfide) groups is 1. The number of benzene rings is 3. The van der Waals surface area contributed by atoms with E-state index >= 15 is 0 Å². The molecule has 0 spiro atoms. The highest BCUT2D eigenvalue weighted by Crippen LogP contribution is 2.37. The van der Waals surface area contributed by atoms with Gasteiger partial charge in [-0.3, -0.25) is 14.5 Å². The van der Waals surface area contributed by atoms with Crippen molar-refractivity contribution in [1.29, 1.82) is 0 Å². The minimum absolute atomic E-state index is 0.254. The summed E-state index contributed by atoms with van der Waals surface area (Å²) in [6, 6.07) is 19.3. The topological polar surface area (TPSA) is 58.6 Å². The summed E-state index contributed by atoms with van der Waals surface area (Å²) >= 11 is 12.5. The monoisotopic (exact) mass is 498 g/mol. The number of hydrogen-bond donors (Lipinski definition) is 1. The van der Waals surface area contributed by atoms with E-state index in [1.807, 2.05) is 0 Å². The van der Waals surface area contributed by atoms with Gasteiger partial charge in [-0.1, -0.05) is 53.8 Å². The van der Waals surface area contributed by atoms with Crippen molar-refractivity contribution in [3.8, 4) is 5.75 Å². The lowest BCUT2D eigenvalue weighted by atomic mass is 10.2. The molecular formula is C24H16ClFN2O3S2. The Morgan fingerprint density at radius 1 is 1.09 bits per heavy atom. The number of carbonyl (C=O) groups is 2. The molecule has 0 radical (unpaired) electrons. The van der Waals surface area contributed by atoms with Crippen LogP contribution in [0.5, 0.6) is 5.75 Å². The number of halogens is 2. The lowest BCUT2D eigenvalue weighted by Crippen LogP contribution is -2.27. The van der Waals surface area contributed by atoms with Crippen LogP contribution < -0.4 is 15.0 Å². The molecule has 33 heavy (non-hydrogen) atoms. The molecule has 0 bridgehead atoms. The number of ether oxygens (including phenoxy) is 1. The molecule has 166 valence electrons. The molecule has 1 aliphatic heterocycles. The summed E-state index contributed by atoms with van der Waals surface area (Å²) in [6.07, 6.45) is 1.68. The van der Waals surface area contributed by atoms with E-state index < -0.39 is 5.91 Å². The van der Waals surface area contributed by atoms with Crippen LogP contribution >= 0.6 is 35.6 Å². The van der Waals surface area contributed by atoms with Crippen LogP contribution in [0.25, 0.3) is 6.08 Å². The third kappa shape index (κ3) is 5.60. The predicted molar refractivity (Wildman–Crippen MR) is 134 cm³/mol. The van der Waals surface area contributed by atoms with Crippen LogP contribution in [-0.4, -0.2) is 22.7 Å².